The molecule has 22 heavy (non-hydrogen) atoms. The lowest BCUT2D eigenvalue weighted by atomic mass is 9.99. The average Bonchev–Trinajstić information content (AvgIpc) is 2.94. The van der Waals surface area contributed by atoms with Crippen molar-refractivity contribution in [2.75, 3.05) is 7.11 Å². The molecule has 0 aliphatic rings. The van der Waals surface area contributed by atoms with Crippen molar-refractivity contribution in [2.45, 2.75) is 0 Å². The van der Waals surface area contributed by atoms with Gasteiger partial charge in [0.15, 0.2) is 0 Å². The molecule has 3 heteroatoms. The summed E-state index contributed by atoms with van der Waals surface area (Å²) >= 11 is 6.42. The van der Waals surface area contributed by atoms with E-state index < -0.39 is 0 Å². The van der Waals surface area contributed by atoms with Crippen LogP contribution in [0.25, 0.3) is 33.1 Å². The molecule has 0 aliphatic carbocycles. The molecule has 108 valence electrons. The summed E-state index contributed by atoms with van der Waals surface area (Å²) < 4.78 is 11.4. The molecule has 0 unspecified atom stereocenters. The number of rotatable bonds is 2. The van der Waals surface area contributed by atoms with E-state index in [-0.39, 0.29) is 0 Å². The van der Waals surface area contributed by atoms with Gasteiger partial charge in [0, 0.05) is 16.8 Å². The molecule has 0 bridgehead atoms. The van der Waals surface area contributed by atoms with E-state index in [2.05, 4.69) is 12.1 Å². The number of furan rings is 1. The summed E-state index contributed by atoms with van der Waals surface area (Å²) in [4.78, 5) is 0. The highest BCUT2D eigenvalue weighted by atomic mass is 35.5. The summed E-state index contributed by atoms with van der Waals surface area (Å²) in [5.41, 5.74) is 3.73. The lowest BCUT2D eigenvalue weighted by Crippen LogP contribution is -1.85. The third-order valence-corrected chi connectivity index (χ3v) is 4.16. The lowest BCUT2D eigenvalue weighted by Gasteiger charge is -2.07. The molecule has 0 radical (unpaired) electrons. The highest BCUT2D eigenvalue weighted by Crippen LogP contribution is 2.41. The Hall–Kier alpha value is -2.45. The Balaban J connectivity index is 2.19. The molecule has 0 fully saturated rings. The van der Waals surface area contributed by atoms with Crippen LogP contribution in [0, 0.1) is 0 Å². The molecule has 3 aromatic carbocycles. The monoisotopic (exact) mass is 308 g/mol. The van der Waals surface area contributed by atoms with Crippen LogP contribution in [0.15, 0.2) is 65.1 Å². The maximum absolute atomic E-state index is 6.42. The van der Waals surface area contributed by atoms with Crippen LogP contribution in [0.1, 0.15) is 0 Å². The van der Waals surface area contributed by atoms with Gasteiger partial charge in [-0.05, 0) is 29.3 Å². The molecule has 1 aromatic heterocycles. The van der Waals surface area contributed by atoms with Gasteiger partial charge in [-0.25, -0.2) is 0 Å². The minimum Gasteiger partial charge on any atom is -0.497 e. The van der Waals surface area contributed by atoms with Crippen molar-refractivity contribution < 1.29 is 9.15 Å². The molecule has 0 aliphatic heterocycles. The predicted molar refractivity (Wildman–Crippen MR) is 90.7 cm³/mol. The smallest absolute Gasteiger partial charge is 0.139 e. The number of methoxy groups -OCH3 is 1. The molecular weight excluding hydrogens is 296 g/mol. The van der Waals surface area contributed by atoms with Crippen molar-refractivity contribution in [3.63, 3.8) is 0 Å². The summed E-state index contributed by atoms with van der Waals surface area (Å²) in [7, 11) is 1.66. The zero-order valence-electron chi connectivity index (χ0n) is 12.0. The minimum absolute atomic E-state index is 0.693. The van der Waals surface area contributed by atoms with Crippen molar-refractivity contribution >= 4 is 33.5 Å². The Morgan fingerprint density at radius 2 is 1.68 bits per heavy atom. The number of hydrogen-bond donors (Lipinski definition) is 0. The van der Waals surface area contributed by atoms with Crippen molar-refractivity contribution in [1.82, 2.24) is 0 Å². The molecule has 1 heterocycles. The van der Waals surface area contributed by atoms with Crippen LogP contribution in [0.3, 0.4) is 0 Å². The topological polar surface area (TPSA) is 22.4 Å². The molecule has 4 rings (SSSR count). The fourth-order valence-electron chi connectivity index (χ4n) is 2.84. The van der Waals surface area contributed by atoms with E-state index in [0.29, 0.717) is 5.02 Å². The van der Waals surface area contributed by atoms with E-state index in [0.717, 1.165) is 38.8 Å². The first kappa shape index (κ1) is 13.2. The van der Waals surface area contributed by atoms with E-state index in [1.165, 1.54) is 0 Å². The van der Waals surface area contributed by atoms with Crippen molar-refractivity contribution in [3.8, 4) is 16.9 Å². The second kappa shape index (κ2) is 5.08. The second-order valence-corrected chi connectivity index (χ2v) is 5.54. The van der Waals surface area contributed by atoms with E-state index in [1.807, 2.05) is 48.5 Å². The van der Waals surface area contributed by atoms with Crippen LogP contribution in [0.2, 0.25) is 5.02 Å². The molecule has 0 atom stereocenters. The van der Waals surface area contributed by atoms with E-state index in [4.69, 9.17) is 20.8 Å². The summed E-state index contributed by atoms with van der Waals surface area (Å²) in [6.45, 7) is 0. The van der Waals surface area contributed by atoms with Gasteiger partial charge in [-0.2, -0.15) is 0 Å². The van der Waals surface area contributed by atoms with Crippen LogP contribution in [0.4, 0.5) is 0 Å². The van der Waals surface area contributed by atoms with Crippen molar-refractivity contribution in [1.29, 1.82) is 0 Å². The normalized spacial score (nSPS) is 11.2. The van der Waals surface area contributed by atoms with Gasteiger partial charge in [0.05, 0.1) is 12.1 Å². The maximum Gasteiger partial charge on any atom is 0.139 e. The first-order chi connectivity index (χ1) is 10.8. The number of hydrogen-bond acceptors (Lipinski definition) is 2. The van der Waals surface area contributed by atoms with Crippen LogP contribution in [0.5, 0.6) is 5.75 Å². The molecule has 0 saturated heterocycles. The third-order valence-electron chi connectivity index (χ3n) is 3.84. The van der Waals surface area contributed by atoms with Crippen molar-refractivity contribution in [2.24, 2.45) is 0 Å². The van der Waals surface area contributed by atoms with Gasteiger partial charge in [-0.3, -0.25) is 0 Å². The highest BCUT2D eigenvalue weighted by Gasteiger charge is 2.16. The van der Waals surface area contributed by atoms with Crippen molar-refractivity contribution in [3.05, 3.63) is 65.7 Å². The Labute approximate surface area is 132 Å². The van der Waals surface area contributed by atoms with Gasteiger partial charge in [0.1, 0.15) is 16.9 Å². The molecule has 0 N–H and O–H groups in total. The number of ether oxygens (including phenoxy) is 1. The summed E-state index contributed by atoms with van der Waals surface area (Å²) in [5, 5.41) is 2.66. The van der Waals surface area contributed by atoms with E-state index >= 15 is 0 Å². The minimum atomic E-state index is 0.693. The second-order valence-electron chi connectivity index (χ2n) is 5.13. The zero-order chi connectivity index (χ0) is 15.1. The van der Waals surface area contributed by atoms with Gasteiger partial charge in [0.2, 0.25) is 0 Å². The molecule has 4 aromatic rings. The molecular formula is C19H13ClO2. The standard InChI is InChI=1S/C19H13ClO2/c1-21-13-10-14(12-6-3-2-4-7-12)18-17(11-13)22-16-9-5-8-15(20)19(16)18/h2-11H,1H3. The predicted octanol–water partition coefficient (Wildman–Crippen LogP) is 5.92. The number of halogens is 1. The maximum atomic E-state index is 6.42. The molecule has 2 nitrogen and oxygen atoms in total. The fourth-order valence-corrected chi connectivity index (χ4v) is 3.10. The van der Waals surface area contributed by atoms with Crippen LogP contribution >= 0.6 is 11.6 Å². The Kier molecular flexibility index (Phi) is 3.05. The largest absolute Gasteiger partial charge is 0.497 e. The molecule has 0 saturated carbocycles. The SMILES string of the molecule is COc1cc(-c2ccccc2)c2c(c1)oc1cccc(Cl)c12. The Morgan fingerprint density at radius 3 is 2.45 bits per heavy atom. The van der Waals surface area contributed by atoms with Gasteiger partial charge in [-0.1, -0.05) is 48.0 Å². The van der Waals surface area contributed by atoms with Gasteiger partial charge < -0.3 is 9.15 Å². The van der Waals surface area contributed by atoms with Gasteiger partial charge >= 0.3 is 0 Å². The highest BCUT2D eigenvalue weighted by molar-refractivity contribution is 6.38. The summed E-state index contributed by atoms with van der Waals surface area (Å²) in [6.07, 6.45) is 0. The lowest BCUT2D eigenvalue weighted by molar-refractivity contribution is 0.415. The van der Waals surface area contributed by atoms with Crippen LogP contribution in [-0.4, -0.2) is 7.11 Å². The van der Waals surface area contributed by atoms with Gasteiger partial charge in [0.25, 0.3) is 0 Å². The first-order valence-corrected chi connectivity index (χ1v) is 7.40. The first-order valence-electron chi connectivity index (χ1n) is 7.02. The third kappa shape index (κ3) is 1.96. The summed E-state index contributed by atoms with van der Waals surface area (Å²) in [5.74, 6) is 0.765. The molecule has 0 spiro atoms. The Morgan fingerprint density at radius 1 is 0.864 bits per heavy atom. The van der Waals surface area contributed by atoms with Gasteiger partial charge in [-0.15, -0.1) is 0 Å². The average molecular weight is 309 g/mol. The summed E-state index contributed by atoms with van der Waals surface area (Å²) in [6, 6.07) is 19.8. The fraction of sp³-hybridized carbons (Fsp3) is 0.0526. The number of fused-ring (bicyclic) bond motifs is 3. The molecule has 0 amide bonds. The zero-order valence-corrected chi connectivity index (χ0v) is 12.7. The van der Waals surface area contributed by atoms with E-state index in [9.17, 15) is 0 Å². The number of benzene rings is 3. The quantitative estimate of drug-likeness (QED) is 0.459. The van der Waals surface area contributed by atoms with Crippen LogP contribution in [-0.2, 0) is 0 Å². The Bertz CT molecular complexity index is 971. The van der Waals surface area contributed by atoms with Crippen LogP contribution < -0.4 is 4.74 Å². The van der Waals surface area contributed by atoms with E-state index in [1.54, 1.807) is 7.11 Å².